The maximum atomic E-state index is 12.4. The van der Waals surface area contributed by atoms with Gasteiger partial charge in [0.15, 0.2) is 0 Å². The molecule has 0 spiro atoms. The monoisotopic (exact) mass is 332 g/mol. The fourth-order valence-electron chi connectivity index (χ4n) is 2.45. The summed E-state index contributed by atoms with van der Waals surface area (Å²) in [6.07, 6.45) is 5.38. The van der Waals surface area contributed by atoms with Crippen molar-refractivity contribution in [3.05, 3.63) is 17.6 Å². The molecule has 0 unspecified atom stereocenters. The van der Waals surface area contributed by atoms with Crippen molar-refractivity contribution >= 4 is 21.8 Å². The third-order valence-electron chi connectivity index (χ3n) is 4.04. The van der Waals surface area contributed by atoms with Gasteiger partial charge < -0.3 is 9.73 Å². The van der Waals surface area contributed by atoms with Gasteiger partial charge in [0.2, 0.25) is 10.0 Å². The Balaban J connectivity index is 2.06. The van der Waals surface area contributed by atoms with Crippen molar-refractivity contribution in [1.29, 1.82) is 0 Å². The fraction of sp³-hybridized carbons (Fsp3) is 0.714. The van der Waals surface area contributed by atoms with Crippen molar-refractivity contribution in [2.45, 2.75) is 49.3 Å². The lowest BCUT2D eigenvalue weighted by Gasteiger charge is -2.40. The molecule has 1 aliphatic rings. The molecule has 7 heteroatoms. The van der Waals surface area contributed by atoms with Gasteiger partial charge in [-0.1, -0.05) is 13.3 Å². The average molecular weight is 332 g/mol. The van der Waals surface area contributed by atoms with Crippen molar-refractivity contribution in [3.63, 3.8) is 0 Å². The highest BCUT2D eigenvalue weighted by molar-refractivity contribution is 8.00. The Bertz CT molecular complexity index is 572. The van der Waals surface area contributed by atoms with Gasteiger partial charge in [0.1, 0.15) is 16.4 Å². The summed E-state index contributed by atoms with van der Waals surface area (Å²) in [6.45, 7) is 5.54. The normalized spacial score (nSPS) is 17.7. The van der Waals surface area contributed by atoms with E-state index in [-0.39, 0.29) is 9.64 Å². The highest BCUT2D eigenvalue weighted by Gasteiger charge is 2.37. The minimum atomic E-state index is -3.50. The van der Waals surface area contributed by atoms with Crippen LogP contribution in [0.25, 0.3) is 0 Å². The summed E-state index contributed by atoms with van der Waals surface area (Å²) in [7, 11) is -3.50. The number of rotatable bonds is 8. The first kappa shape index (κ1) is 16.9. The van der Waals surface area contributed by atoms with Gasteiger partial charge in [-0.3, -0.25) is 0 Å². The SMILES string of the molecule is CCNCc1cc(S(=O)(=O)NCC2(SC)CCC2)c(C)o1. The number of nitrogens with one attached hydrogen (secondary N) is 2. The molecule has 5 nitrogen and oxygen atoms in total. The lowest BCUT2D eigenvalue weighted by molar-refractivity contribution is 0.361. The molecular formula is C14H24N2O3S2. The van der Waals surface area contributed by atoms with Gasteiger partial charge in [0.05, 0.1) is 6.54 Å². The minimum absolute atomic E-state index is 0.0807. The van der Waals surface area contributed by atoms with Crippen molar-refractivity contribution in [1.82, 2.24) is 10.0 Å². The molecular weight excluding hydrogens is 308 g/mol. The Labute approximate surface area is 131 Å². The van der Waals surface area contributed by atoms with Gasteiger partial charge in [-0.25, -0.2) is 13.1 Å². The summed E-state index contributed by atoms with van der Waals surface area (Å²) >= 11 is 1.76. The summed E-state index contributed by atoms with van der Waals surface area (Å²) in [5, 5.41) is 3.13. The quantitative estimate of drug-likeness (QED) is 0.764. The van der Waals surface area contributed by atoms with Crippen LogP contribution >= 0.6 is 11.8 Å². The maximum absolute atomic E-state index is 12.4. The molecule has 1 aromatic rings. The van der Waals surface area contributed by atoms with Gasteiger partial charge in [0.25, 0.3) is 0 Å². The number of aryl methyl sites for hydroxylation is 1. The standard InChI is InChI=1S/C14H24N2O3S2/c1-4-15-9-12-8-13(11(2)19-12)21(17,18)16-10-14(20-3)6-5-7-14/h8,15-16H,4-7,9-10H2,1-3H3. The Morgan fingerprint density at radius 1 is 1.43 bits per heavy atom. The summed E-state index contributed by atoms with van der Waals surface area (Å²) in [4.78, 5) is 0.256. The molecule has 1 aromatic heterocycles. The van der Waals surface area contributed by atoms with E-state index >= 15 is 0 Å². The second-order valence-electron chi connectivity index (χ2n) is 5.48. The van der Waals surface area contributed by atoms with Crippen molar-refractivity contribution in [2.24, 2.45) is 0 Å². The Hall–Kier alpha value is -0.500. The van der Waals surface area contributed by atoms with E-state index in [9.17, 15) is 8.42 Å². The van der Waals surface area contributed by atoms with Gasteiger partial charge in [0, 0.05) is 17.4 Å². The van der Waals surface area contributed by atoms with Crippen LogP contribution in [-0.4, -0.2) is 32.5 Å². The van der Waals surface area contributed by atoms with Gasteiger partial charge in [-0.15, -0.1) is 0 Å². The number of hydrogen-bond acceptors (Lipinski definition) is 5. The smallest absolute Gasteiger partial charge is 0.244 e. The molecule has 1 saturated carbocycles. The molecule has 0 aliphatic heterocycles. The molecule has 1 fully saturated rings. The van der Waals surface area contributed by atoms with Crippen LogP contribution in [0.15, 0.2) is 15.4 Å². The van der Waals surface area contributed by atoms with E-state index in [4.69, 9.17) is 4.42 Å². The Morgan fingerprint density at radius 3 is 2.67 bits per heavy atom. The van der Waals surface area contributed by atoms with Crippen LogP contribution in [0.5, 0.6) is 0 Å². The maximum Gasteiger partial charge on any atom is 0.244 e. The molecule has 0 bridgehead atoms. The van der Waals surface area contributed by atoms with Crippen LogP contribution in [0.3, 0.4) is 0 Å². The molecule has 0 radical (unpaired) electrons. The first-order chi connectivity index (χ1) is 9.92. The molecule has 0 aromatic carbocycles. The van der Waals surface area contributed by atoms with Crippen molar-refractivity contribution < 1.29 is 12.8 Å². The van der Waals surface area contributed by atoms with E-state index < -0.39 is 10.0 Å². The Morgan fingerprint density at radius 2 is 2.14 bits per heavy atom. The second-order valence-corrected chi connectivity index (χ2v) is 8.49. The molecule has 1 heterocycles. The molecule has 120 valence electrons. The third-order valence-corrected chi connectivity index (χ3v) is 6.97. The van der Waals surface area contributed by atoms with Crippen LogP contribution in [0.1, 0.15) is 37.7 Å². The van der Waals surface area contributed by atoms with E-state index in [0.29, 0.717) is 24.6 Å². The third kappa shape index (κ3) is 3.83. The van der Waals surface area contributed by atoms with E-state index in [2.05, 4.69) is 10.0 Å². The first-order valence-electron chi connectivity index (χ1n) is 7.27. The topological polar surface area (TPSA) is 71.3 Å². The van der Waals surface area contributed by atoms with Crippen LogP contribution in [0, 0.1) is 6.92 Å². The van der Waals surface area contributed by atoms with Gasteiger partial charge in [-0.05, 0) is 32.6 Å². The van der Waals surface area contributed by atoms with E-state index in [1.165, 1.54) is 6.42 Å². The van der Waals surface area contributed by atoms with Crippen LogP contribution in [0.2, 0.25) is 0 Å². The highest BCUT2D eigenvalue weighted by atomic mass is 32.2. The van der Waals surface area contributed by atoms with Gasteiger partial charge in [-0.2, -0.15) is 11.8 Å². The number of hydrogen-bond donors (Lipinski definition) is 2. The molecule has 0 amide bonds. The zero-order chi connectivity index (χ0) is 15.5. The Kier molecular flexibility index (Phi) is 5.40. The fourth-order valence-corrected chi connectivity index (χ4v) is 4.79. The van der Waals surface area contributed by atoms with E-state index in [0.717, 1.165) is 19.4 Å². The zero-order valence-corrected chi connectivity index (χ0v) is 14.5. The predicted molar refractivity (Wildman–Crippen MR) is 86.1 cm³/mol. The molecule has 1 aliphatic carbocycles. The van der Waals surface area contributed by atoms with Gasteiger partial charge >= 0.3 is 0 Å². The number of sulfonamides is 1. The number of furan rings is 1. The first-order valence-corrected chi connectivity index (χ1v) is 9.98. The lowest BCUT2D eigenvalue weighted by atomic mass is 9.84. The molecule has 0 atom stereocenters. The van der Waals surface area contributed by atoms with E-state index in [1.54, 1.807) is 24.8 Å². The molecule has 2 N–H and O–H groups in total. The number of thioether (sulfide) groups is 1. The minimum Gasteiger partial charge on any atom is -0.464 e. The zero-order valence-electron chi connectivity index (χ0n) is 12.9. The predicted octanol–water partition coefficient (Wildman–Crippen LogP) is 2.26. The van der Waals surface area contributed by atoms with Crippen LogP contribution in [0.4, 0.5) is 0 Å². The largest absolute Gasteiger partial charge is 0.464 e. The summed E-state index contributed by atoms with van der Waals surface area (Å²) in [5.74, 6) is 1.10. The lowest BCUT2D eigenvalue weighted by Crippen LogP contribution is -2.45. The molecule has 0 saturated heterocycles. The van der Waals surface area contributed by atoms with Crippen LogP contribution < -0.4 is 10.0 Å². The average Bonchev–Trinajstić information content (AvgIpc) is 2.77. The van der Waals surface area contributed by atoms with Crippen molar-refractivity contribution in [2.75, 3.05) is 19.3 Å². The van der Waals surface area contributed by atoms with E-state index in [1.807, 2.05) is 13.2 Å². The summed E-state index contributed by atoms with van der Waals surface area (Å²) in [6, 6.07) is 1.62. The molecule has 2 rings (SSSR count). The van der Waals surface area contributed by atoms with Crippen LogP contribution in [-0.2, 0) is 16.6 Å². The summed E-state index contributed by atoms with van der Waals surface area (Å²) < 4.78 is 33.2. The van der Waals surface area contributed by atoms with Crippen molar-refractivity contribution in [3.8, 4) is 0 Å². The second kappa shape index (κ2) is 6.73. The highest BCUT2D eigenvalue weighted by Crippen LogP contribution is 2.42. The molecule has 21 heavy (non-hydrogen) atoms. The summed E-state index contributed by atoms with van der Waals surface area (Å²) in [5.41, 5.74) is 0.